The van der Waals surface area contributed by atoms with Gasteiger partial charge in [-0.05, 0) is 203 Å². The first-order chi connectivity index (χ1) is 24.8. The Kier molecular flexibility index (Phi) is 87.5. The summed E-state index contributed by atoms with van der Waals surface area (Å²) in [4.78, 5) is 9.50. The maximum Gasteiger partial charge on any atom is 0.0470 e. The van der Waals surface area contributed by atoms with Gasteiger partial charge in [-0.25, -0.2) is 0 Å². The molecule has 0 rings (SSSR count). The lowest BCUT2D eigenvalue weighted by molar-refractivity contribution is 0.321. The van der Waals surface area contributed by atoms with E-state index in [1.165, 1.54) is 94.5 Å². The van der Waals surface area contributed by atoms with Gasteiger partial charge in [0.2, 0.25) is 0 Å². The van der Waals surface area contributed by atoms with Crippen LogP contribution in [0.15, 0.2) is 0 Å². The normalized spacial score (nSPS) is 10.6. The van der Waals surface area contributed by atoms with Gasteiger partial charge in [-0.15, -0.1) is 49.0 Å². The molecule has 0 N–H and O–H groups in total. The highest BCUT2D eigenvalue weighted by Crippen LogP contribution is 2.42. The number of nitrogens with zero attached hydrogens (tertiary/aromatic N) is 4. The van der Waals surface area contributed by atoms with E-state index in [4.69, 9.17) is 47.2 Å². The highest BCUT2D eigenvalue weighted by molar-refractivity contribution is 8.64. The summed E-state index contributed by atoms with van der Waals surface area (Å²) in [6.07, 6.45) is 0. The Bertz CT molecular complexity index is 901. The fraction of sp³-hybridized carbons (Fsp3) is 1.00. The molecule has 0 aromatic carbocycles. The van der Waals surface area contributed by atoms with Crippen LogP contribution in [0.1, 0.15) is 83.1 Å². The van der Waals surface area contributed by atoms with E-state index in [0.717, 1.165) is 7.04 Å². The second-order valence-corrected chi connectivity index (χ2v) is 58.3. The van der Waals surface area contributed by atoms with Crippen LogP contribution in [0, 0.1) is 0 Å². The zero-order valence-corrected chi connectivity index (χ0v) is 54.7. The molecule has 4 nitrogen and oxygen atoms in total. The molecule has 23 heteroatoms. The third-order valence-corrected chi connectivity index (χ3v) is 15.5. The van der Waals surface area contributed by atoms with Crippen molar-refractivity contribution in [1.82, 2.24) is 19.6 Å². The van der Waals surface area contributed by atoms with Gasteiger partial charge in [0.15, 0.2) is 0 Å². The van der Waals surface area contributed by atoms with E-state index in [2.05, 4.69) is 175 Å². The van der Waals surface area contributed by atoms with Crippen LogP contribution < -0.4 is 0 Å². The molecule has 0 spiro atoms. The second-order valence-electron chi connectivity index (χ2n) is 12.0. The molecule has 0 aliphatic rings. The minimum atomic E-state index is -1.11. The molecule has 0 bridgehead atoms. The van der Waals surface area contributed by atoms with Crippen molar-refractivity contribution in [3.8, 4) is 0 Å². The van der Waals surface area contributed by atoms with Crippen LogP contribution >= 0.6 is 84.0 Å². The lowest BCUT2D eigenvalue weighted by Gasteiger charge is -2.13. The molecule has 0 aliphatic carbocycles. The fourth-order valence-corrected chi connectivity index (χ4v) is 12.3. The summed E-state index contributed by atoms with van der Waals surface area (Å²) in [5.74, 6) is 0. The van der Waals surface area contributed by atoms with Crippen LogP contribution in [-0.2, 0) is 97.5 Å². The van der Waals surface area contributed by atoms with Crippen molar-refractivity contribution in [3.05, 3.63) is 0 Å². The molecule has 0 fully saturated rings. The van der Waals surface area contributed by atoms with Crippen molar-refractivity contribution in [1.29, 1.82) is 0 Å². The van der Waals surface area contributed by atoms with Crippen molar-refractivity contribution in [3.63, 3.8) is 0 Å². The maximum atomic E-state index is 4.80. The average Bonchev–Trinajstić information content (AvgIpc) is 3.03. The van der Waals surface area contributed by atoms with E-state index in [0.29, 0.717) is 0 Å². The predicted molar refractivity (Wildman–Crippen MR) is 325 cm³/mol. The fourth-order valence-electron chi connectivity index (χ4n) is 2.72. The molecule has 344 valence electrons. The number of hydrogen-bond donors (Lipinski definition) is 4. The summed E-state index contributed by atoms with van der Waals surface area (Å²) in [6, 6.07) is 0. The monoisotopic (exact) mass is 1130 g/mol. The molecule has 0 atom stereocenters. The topological polar surface area (TPSA) is 13.0 Å². The first kappa shape index (κ1) is 80.8. The van der Waals surface area contributed by atoms with Gasteiger partial charge in [0.25, 0.3) is 0 Å². The minimum Gasteiger partial charge on any atom is -0.304 e. The lowest BCUT2D eigenvalue weighted by atomic mass is 10.5. The number of rotatable bonds is 13. The summed E-state index contributed by atoms with van der Waals surface area (Å²) in [7, 11) is 6.83. The first-order valence-electron chi connectivity index (χ1n) is 18.5. The summed E-state index contributed by atoms with van der Waals surface area (Å²) in [5.41, 5.74) is 0. The van der Waals surface area contributed by atoms with Crippen molar-refractivity contribution >= 4 is 182 Å². The minimum absolute atomic E-state index is 0.993. The van der Waals surface area contributed by atoms with Crippen molar-refractivity contribution in [2.75, 3.05) is 132 Å². The van der Waals surface area contributed by atoms with E-state index in [1.807, 2.05) is 53.3 Å². The van der Waals surface area contributed by atoms with Crippen LogP contribution in [-0.4, -0.2) is 151 Å². The molecule has 0 unspecified atom stereocenters. The molecule has 55 heavy (non-hydrogen) atoms. The molecule has 0 amide bonds. The molecule has 0 radical (unpaired) electrons. The maximum absolute atomic E-state index is 4.80. The molecular weight excluding hydrogens is 1040 g/mol. The lowest BCUT2D eigenvalue weighted by Crippen LogP contribution is -2.21. The van der Waals surface area contributed by atoms with Gasteiger partial charge in [-0.1, -0.05) is 130 Å². The van der Waals surface area contributed by atoms with Crippen LogP contribution in [0.4, 0.5) is 0 Å². The molecule has 0 aliphatic heterocycles. The second kappa shape index (κ2) is 59.5. The van der Waals surface area contributed by atoms with E-state index < -0.39 is 21.0 Å². The van der Waals surface area contributed by atoms with Gasteiger partial charge in [-0.2, -0.15) is 0 Å². The van der Waals surface area contributed by atoms with Crippen LogP contribution in [0.5, 0.6) is 0 Å². The summed E-state index contributed by atoms with van der Waals surface area (Å²) >= 11 is 44.6. The van der Waals surface area contributed by atoms with Crippen molar-refractivity contribution < 1.29 is 0 Å². The average molecular weight is 1130 g/mol. The third kappa shape index (κ3) is 175. The van der Waals surface area contributed by atoms with E-state index in [1.54, 1.807) is 18.4 Å². The highest BCUT2D eigenvalue weighted by atomic mass is 33.3. The Labute approximate surface area is 411 Å². The summed E-state index contributed by atoms with van der Waals surface area (Å²) in [5, 5.41) is -4.44. The summed E-state index contributed by atoms with van der Waals surface area (Å²) in [6.45, 7) is 56.3. The van der Waals surface area contributed by atoms with E-state index in [9.17, 15) is 0 Å². The zero-order chi connectivity index (χ0) is 46.3. The van der Waals surface area contributed by atoms with Crippen LogP contribution in [0.2, 0.25) is 0 Å². The molecular formula is C32H88N4P6S13. The molecule has 0 saturated heterocycles. The number of hydrogen-bond acceptors (Lipinski definition) is 10. The van der Waals surface area contributed by atoms with Gasteiger partial charge in [0, 0.05) is 14.1 Å². The van der Waals surface area contributed by atoms with E-state index >= 15 is 0 Å². The predicted octanol–water partition coefficient (Wildman–Crippen LogP) is 13.4. The Hall–Kier alpha value is 5.54. The Morgan fingerprint density at radius 1 is 0.400 bits per heavy atom. The summed E-state index contributed by atoms with van der Waals surface area (Å²) < 4.78 is 0. The Morgan fingerprint density at radius 3 is 0.582 bits per heavy atom. The van der Waals surface area contributed by atoms with Gasteiger partial charge >= 0.3 is 0 Å². The first-order valence-corrected chi connectivity index (χ1v) is 46.4. The van der Waals surface area contributed by atoms with Gasteiger partial charge in [-0.3, -0.25) is 0 Å². The van der Waals surface area contributed by atoms with E-state index in [-0.39, 0.29) is 0 Å². The van der Waals surface area contributed by atoms with Crippen molar-refractivity contribution in [2.24, 2.45) is 0 Å². The number of thiol groups is 4. The van der Waals surface area contributed by atoms with Crippen LogP contribution in [0.25, 0.3) is 0 Å². The smallest absolute Gasteiger partial charge is 0.0470 e. The molecule has 0 aromatic heterocycles. The quantitative estimate of drug-likeness (QED) is 0.105. The van der Waals surface area contributed by atoms with Crippen LogP contribution in [0.3, 0.4) is 0 Å². The molecule has 0 heterocycles. The largest absolute Gasteiger partial charge is 0.304 e. The van der Waals surface area contributed by atoms with Gasteiger partial charge in [0.1, 0.15) is 0 Å². The Balaban J connectivity index is -0.0000000621. The SMILES string of the molecule is CCN(CC)CC.CCN(CC)CC.CCN(CC)CC.CCN(CC)CC.CP(C)(=S)S.CP(C)(=S)S.CP(C)(=S)S.CP(C)(=S)S.S=PP=S=S=S=S. The van der Waals surface area contributed by atoms with Gasteiger partial charge in [0.05, 0.1) is 0 Å². The molecule has 0 saturated carbocycles. The third-order valence-electron chi connectivity index (χ3n) is 5.49. The highest BCUT2D eigenvalue weighted by Gasteiger charge is 1.91. The molecule has 0 aromatic rings. The van der Waals surface area contributed by atoms with Gasteiger partial charge < -0.3 is 19.6 Å². The zero-order valence-electron chi connectivity index (χ0n) is 38.4. The standard InChI is InChI=1S/4C6H15N.4C2H7PS2.P2S5/c4*1-4-7(5-2)6-3;4*1-3(2,4)5;3-1-2-5-7-6-4/h4*4-6H2,1-3H3;4*1-2H3,(H,4,5);. The Morgan fingerprint density at radius 2 is 0.527 bits per heavy atom. The van der Waals surface area contributed by atoms with Crippen molar-refractivity contribution in [2.45, 2.75) is 83.1 Å².